The topological polar surface area (TPSA) is 55.4 Å². The monoisotopic (exact) mass is 442 g/mol. The minimum atomic E-state index is -0.348. The number of ether oxygens (including phenoxy) is 6. The zero-order valence-corrected chi connectivity index (χ0v) is 24.3. The molecule has 0 rings (SSSR count). The molecule has 0 heterocycles. The normalized spacial score (nSPS) is 16.0. The van der Waals surface area contributed by atoms with E-state index in [9.17, 15) is 0 Å². The van der Waals surface area contributed by atoms with Crippen molar-refractivity contribution in [2.45, 2.75) is 60.2 Å². The van der Waals surface area contributed by atoms with Gasteiger partial charge in [-0.3, -0.25) is 0 Å². The number of hydrogen-bond donors (Lipinski definition) is 0. The number of hydrogen-bond acceptors (Lipinski definition) is 6. The van der Waals surface area contributed by atoms with E-state index < -0.39 is 0 Å². The van der Waals surface area contributed by atoms with Crippen LogP contribution >= 0.6 is 0 Å². The molecule has 0 aromatic rings. The molecule has 0 N–H and O–H groups in total. The molecular formula is C16H42O6Si4. The van der Waals surface area contributed by atoms with Crippen molar-refractivity contribution >= 4 is 38.8 Å². The van der Waals surface area contributed by atoms with Crippen molar-refractivity contribution in [3.63, 3.8) is 0 Å². The Bertz CT molecular complexity index is 270. The van der Waals surface area contributed by atoms with Gasteiger partial charge in [0.15, 0.2) is 0 Å². The first-order valence-corrected chi connectivity index (χ1v) is 16.1. The molecule has 0 amide bonds. The Morgan fingerprint density at radius 2 is 0.808 bits per heavy atom. The smallest absolute Gasteiger partial charge is 0.134 e. The van der Waals surface area contributed by atoms with Crippen molar-refractivity contribution < 1.29 is 28.4 Å². The first-order valence-electron chi connectivity index (χ1n) is 9.65. The van der Waals surface area contributed by atoms with Gasteiger partial charge in [-0.1, -0.05) is 37.4 Å². The van der Waals surface area contributed by atoms with E-state index in [1.807, 2.05) is 0 Å². The lowest BCUT2D eigenvalue weighted by molar-refractivity contribution is -0.0442. The zero-order chi connectivity index (χ0) is 19.8. The maximum Gasteiger partial charge on any atom is 0.134 e. The van der Waals surface area contributed by atoms with E-state index >= 15 is 0 Å². The van der Waals surface area contributed by atoms with Crippen LogP contribution in [0.15, 0.2) is 0 Å². The van der Waals surface area contributed by atoms with Gasteiger partial charge in [-0.2, -0.15) is 0 Å². The zero-order valence-electron chi connectivity index (χ0n) is 18.0. The van der Waals surface area contributed by atoms with E-state index in [2.05, 4.69) is 0 Å². The summed E-state index contributed by atoms with van der Waals surface area (Å²) >= 11 is 0. The fourth-order valence-corrected chi connectivity index (χ4v) is 12.2. The predicted octanol–water partition coefficient (Wildman–Crippen LogP) is -0.829. The van der Waals surface area contributed by atoms with Gasteiger partial charge in [0.05, 0.1) is 28.6 Å². The van der Waals surface area contributed by atoms with E-state index in [1.165, 1.54) is 47.6 Å². The quantitative estimate of drug-likeness (QED) is 0.204. The Labute approximate surface area is 170 Å². The van der Waals surface area contributed by atoms with E-state index in [4.69, 9.17) is 28.4 Å². The van der Waals surface area contributed by atoms with Crippen molar-refractivity contribution in [1.29, 1.82) is 0 Å². The molecule has 6 nitrogen and oxygen atoms in total. The standard InChI is InChI=1S/C16H42O6Si4/c1-17-13(18-2)24-10-7-16(23,8-11-25-14(19-3)20-4)9-12-26-15(21-5)22-6/h13-15H,7-12,24-26H2,1-6,23H3. The number of rotatable bonds is 18. The molecule has 158 valence electrons. The molecule has 26 heavy (non-hydrogen) atoms. The molecule has 0 saturated carbocycles. The Morgan fingerprint density at radius 3 is 1.00 bits per heavy atom. The second-order valence-electron chi connectivity index (χ2n) is 7.19. The molecule has 0 unspecified atom stereocenters. The molecule has 0 aromatic heterocycles. The van der Waals surface area contributed by atoms with Gasteiger partial charge < -0.3 is 28.4 Å². The number of methoxy groups -OCH3 is 6. The summed E-state index contributed by atoms with van der Waals surface area (Å²) in [5, 5.41) is 0.511. The molecule has 0 aliphatic heterocycles. The van der Waals surface area contributed by atoms with Crippen LogP contribution in [0.3, 0.4) is 0 Å². The maximum atomic E-state index is 5.40. The minimum Gasteiger partial charge on any atom is -0.360 e. The van der Waals surface area contributed by atoms with E-state index in [-0.39, 0.29) is 46.3 Å². The van der Waals surface area contributed by atoms with Crippen LogP contribution in [-0.4, -0.2) is 99.2 Å². The van der Waals surface area contributed by atoms with E-state index in [0.29, 0.717) is 5.04 Å². The minimum absolute atomic E-state index is 0.0578. The van der Waals surface area contributed by atoms with Gasteiger partial charge in [0.1, 0.15) is 17.7 Å². The lowest BCUT2D eigenvalue weighted by atomic mass is 9.98. The van der Waals surface area contributed by atoms with Gasteiger partial charge in [-0.15, -0.1) is 0 Å². The third-order valence-electron chi connectivity index (χ3n) is 5.24. The van der Waals surface area contributed by atoms with Gasteiger partial charge >= 0.3 is 0 Å². The first-order chi connectivity index (χ1) is 12.5. The van der Waals surface area contributed by atoms with Crippen LogP contribution in [0.25, 0.3) is 0 Å². The molecule has 0 bridgehead atoms. The van der Waals surface area contributed by atoms with Crippen LogP contribution in [-0.2, 0) is 28.4 Å². The molecule has 0 atom stereocenters. The molecule has 0 aromatic carbocycles. The van der Waals surface area contributed by atoms with E-state index in [0.717, 1.165) is 0 Å². The average molecular weight is 443 g/mol. The molecular weight excluding hydrogens is 401 g/mol. The maximum absolute atomic E-state index is 5.40. The molecule has 0 aliphatic rings. The van der Waals surface area contributed by atoms with Crippen molar-refractivity contribution in [3.05, 3.63) is 0 Å². The Hall–Kier alpha value is 0.628. The van der Waals surface area contributed by atoms with E-state index in [1.54, 1.807) is 42.7 Å². The predicted molar refractivity (Wildman–Crippen MR) is 120 cm³/mol. The Balaban J connectivity index is 4.52. The Kier molecular flexibility index (Phi) is 17.0. The second-order valence-corrected chi connectivity index (χ2v) is 15.2. The SMILES string of the molecule is COC(OC)[SiH2]CCC([SiH3])(CC[SiH2]C(OC)OC)CC[SiH2]C(OC)OC. The highest BCUT2D eigenvalue weighted by molar-refractivity contribution is 6.38. The van der Waals surface area contributed by atoms with Gasteiger partial charge in [0.25, 0.3) is 0 Å². The third kappa shape index (κ3) is 12.2. The average Bonchev–Trinajstić information content (AvgIpc) is 2.66. The van der Waals surface area contributed by atoms with Crippen molar-refractivity contribution in [2.24, 2.45) is 0 Å². The first kappa shape index (κ1) is 26.6. The summed E-state index contributed by atoms with van der Waals surface area (Å²) in [4.78, 5) is 0. The van der Waals surface area contributed by atoms with Crippen molar-refractivity contribution in [3.8, 4) is 0 Å². The van der Waals surface area contributed by atoms with Crippen LogP contribution in [0.5, 0.6) is 0 Å². The Morgan fingerprint density at radius 1 is 0.577 bits per heavy atom. The molecule has 10 heteroatoms. The molecule has 0 spiro atoms. The molecule has 0 aliphatic carbocycles. The van der Waals surface area contributed by atoms with Crippen molar-refractivity contribution in [2.75, 3.05) is 42.7 Å². The van der Waals surface area contributed by atoms with Gasteiger partial charge in [-0.25, -0.2) is 0 Å². The lowest BCUT2D eigenvalue weighted by Crippen LogP contribution is -2.26. The third-order valence-corrected chi connectivity index (χ3v) is 12.4. The highest BCUT2D eigenvalue weighted by Gasteiger charge is 2.25. The molecule has 0 saturated heterocycles. The molecule has 0 fully saturated rings. The fourth-order valence-electron chi connectivity index (χ4n) is 3.46. The van der Waals surface area contributed by atoms with Gasteiger partial charge in [-0.05, 0) is 5.04 Å². The van der Waals surface area contributed by atoms with Crippen LogP contribution in [0.1, 0.15) is 19.3 Å². The summed E-state index contributed by atoms with van der Waals surface area (Å²) in [6.07, 6.45) is 3.94. The fraction of sp³-hybridized carbons (Fsp3) is 1.00. The van der Waals surface area contributed by atoms with Crippen LogP contribution in [0, 0.1) is 0 Å². The van der Waals surface area contributed by atoms with Crippen molar-refractivity contribution in [1.82, 2.24) is 0 Å². The van der Waals surface area contributed by atoms with Crippen LogP contribution < -0.4 is 0 Å². The van der Waals surface area contributed by atoms with Gasteiger partial charge in [0, 0.05) is 52.9 Å². The summed E-state index contributed by atoms with van der Waals surface area (Å²) in [7, 11) is 10.7. The summed E-state index contributed by atoms with van der Waals surface area (Å²) in [5.74, 6) is 0.173. The highest BCUT2D eigenvalue weighted by atomic mass is 28.2. The summed E-state index contributed by atoms with van der Waals surface area (Å²) in [5.41, 5.74) is 0. The molecule has 0 radical (unpaired) electrons. The lowest BCUT2D eigenvalue weighted by Gasteiger charge is -2.31. The van der Waals surface area contributed by atoms with Gasteiger partial charge in [0.2, 0.25) is 0 Å². The summed E-state index contributed by atoms with van der Waals surface area (Å²) < 4.78 is 32.4. The summed E-state index contributed by atoms with van der Waals surface area (Å²) in [6, 6.07) is 3.86. The summed E-state index contributed by atoms with van der Waals surface area (Å²) in [6.45, 7) is 0. The largest absolute Gasteiger partial charge is 0.360 e. The second kappa shape index (κ2) is 16.6. The highest BCUT2D eigenvalue weighted by Crippen LogP contribution is 2.39. The van der Waals surface area contributed by atoms with Crippen LogP contribution in [0.2, 0.25) is 23.2 Å². The van der Waals surface area contributed by atoms with Crippen LogP contribution in [0.4, 0.5) is 0 Å².